The first-order chi connectivity index (χ1) is 13.1. The molecule has 0 atom stereocenters. The van der Waals surface area contributed by atoms with Gasteiger partial charge in [0.05, 0.1) is 30.5 Å². The summed E-state index contributed by atoms with van der Waals surface area (Å²) in [5.74, 6) is -1.34. The van der Waals surface area contributed by atoms with Crippen LogP contribution in [0.2, 0.25) is 0 Å². The van der Waals surface area contributed by atoms with Gasteiger partial charge in [-0.3, -0.25) is 4.79 Å². The quantitative estimate of drug-likeness (QED) is 0.486. The number of esters is 1. The van der Waals surface area contributed by atoms with Gasteiger partial charge in [0.25, 0.3) is 0 Å². The second-order valence-corrected chi connectivity index (χ2v) is 6.60. The van der Waals surface area contributed by atoms with Gasteiger partial charge < -0.3 is 10.1 Å². The molecule has 5 nitrogen and oxygen atoms in total. The molecule has 6 heteroatoms. The lowest BCUT2D eigenvalue weighted by Gasteiger charge is -2.19. The third-order valence-electron chi connectivity index (χ3n) is 4.06. The highest BCUT2D eigenvalue weighted by Gasteiger charge is 2.24. The van der Waals surface area contributed by atoms with Crippen LogP contribution in [0.25, 0.3) is 0 Å². The van der Waals surface area contributed by atoms with Gasteiger partial charge in [-0.25, -0.2) is 9.78 Å². The number of amides is 1. The molecule has 1 N–H and O–H groups in total. The summed E-state index contributed by atoms with van der Waals surface area (Å²) in [6, 6.07) is 20.5. The topological polar surface area (TPSA) is 68.3 Å². The minimum absolute atomic E-state index is 0.229. The smallest absolute Gasteiger partial charge is 0.340 e. The Morgan fingerprint density at radius 1 is 1.00 bits per heavy atom. The molecule has 0 spiro atoms. The molecule has 0 saturated heterocycles. The third kappa shape index (κ3) is 4.41. The number of anilines is 1. The average molecular weight is 425 g/mol. The number of nitrogens with one attached hydrogen (secondary N) is 1. The molecule has 0 radical (unpaired) electrons. The fourth-order valence-electron chi connectivity index (χ4n) is 2.80. The van der Waals surface area contributed by atoms with Crippen molar-refractivity contribution in [3.8, 4) is 0 Å². The summed E-state index contributed by atoms with van der Waals surface area (Å²) in [7, 11) is 1.29. The molecule has 0 fully saturated rings. The largest absolute Gasteiger partial charge is 0.465 e. The first-order valence-electron chi connectivity index (χ1n) is 8.24. The number of nitrogens with zero attached hydrogens (tertiary/aromatic N) is 1. The lowest BCUT2D eigenvalue weighted by Crippen LogP contribution is -2.23. The summed E-state index contributed by atoms with van der Waals surface area (Å²) in [5.41, 5.74) is 2.23. The Morgan fingerprint density at radius 2 is 1.56 bits per heavy atom. The van der Waals surface area contributed by atoms with E-state index < -0.39 is 11.9 Å². The fraction of sp³-hybridized carbons (Fsp3) is 0.0952. The monoisotopic (exact) mass is 424 g/mol. The van der Waals surface area contributed by atoms with Gasteiger partial charge in [-0.2, -0.15) is 0 Å². The van der Waals surface area contributed by atoms with Gasteiger partial charge >= 0.3 is 5.97 Å². The molecule has 0 saturated carbocycles. The second kappa shape index (κ2) is 8.60. The minimum atomic E-state index is -0.552. The number of methoxy groups -OCH3 is 1. The number of hydrogen-bond acceptors (Lipinski definition) is 4. The molecule has 3 rings (SSSR count). The van der Waals surface area contributed by atoms with E-state index in [9.17, 15) is 9.59 Å². The Bertz CT molecular complexity index is 907. The van der Waals surface area contributed by atoms with E-state index in [1.54, 1.807) is 0 Å². The molecule has 0 aliphatic rings. The molecule has 0 aliphatic heterocycles. The van der Waals surface area contributed by atoms with Crippen molar-refractivity contribution >= 4 is 33.5 Å². The maximum absolute atomic E-state index is 13.2. The number of carbonyl (C=O) groups is 2. The van der Waals surface area contributed by atoms with Crippen LogP contribution < -0.4 is 5.32 Å². The first-order valence-corrected chi connectivity index (χ1v) is 9.04. The number of pyridine rings is 1. The van der Waals surface area contributed by atoms with Crippen molar-refractivity contribution in [2.75, 3.05) is 12.4 Å². The van der Waals surface area contributed by atoms with E-state index >= 15 is 0 Å². The van der Waals surface area contributed by atoms with Gasteiger partial charge in [0.15, 0.2) is 0 Å². The molecular weight excluding hydrogens is 408 g/mol. The zero-order valence-corrected chi connectivity index (χ0v) is 16.1. The van der Waals surface area contributed by atoms with Crippen LogP contribution in [0, 0.1) is 0 Å². The number of carbonyl (C=O) groups excluding carboxylic acids is 2. The van der Waals surface area contributed by atoms with E-state index in [0.717, 1.165) is 11.1 Å². The summed E-state index contributed by atoms with van der Waals surface area (Å²) in [6.07, 6.45) is 1.43. The standard InChI is InChI=1S/C21H17BrN2O3/c1-27-21(26)16-12-18(22)23-13-17(16)24-20(25)19(14-8-4-2-5-9-14)15-10-6-3-7-11-15/h2-13,19H,1H3,(H,24,25). The minimum Gasteiger partial charge on any atom is -0.465 e. The van der Waals surface area contributed by atoms with Gasteiger partial charge in [-0.05, 0) is 33.1 Å². The van der Waals surface area contributed by atoms with Crippen LogP contribution in [0.1, 0.15) is 27.4 Å². The summed E-state index contributed by atoms with van der Waals surface area (Å²) in [4.78, 5) is 29.3. The number of benzene rings is 2. The molecular formula is C21H17BrN2O3. The van der Waals surface area contributed by atoms with Crippen LogP contribution in [-0.4, -0.2) is 24.0 Å². The van der Waals surface area contributed by atoms with Crippen LogP contribution in [0.4, 0.5) is 5.69 Å². The lowest BCUT2D eigenvalue weighted by atomic mass is 9.90. The van der Waals surface area contributed by atoms with Crippen molar-refractivity contribution < 1.29 is 14.3 Å². The zero-order valence-electron chi connectivity index (χ0n) is 14.6. The van der Waals surface area contributed by atoms with Crippen molar-refractivity contribution in [2.24, 2.45) is 0 Å². The predicted molar refractivity (Wildman–Crippen MR) is 107 cm³/mol. The van der Waals surface area contributed by atoms with E-state index in [4.69, 9.17) is 4.74 Å². The molecule has 136 valence electrons. The third-order valence-corrected chi connectivity index (χ3v) is 4.50. The normalized spacial score (nSPS) is 10.5. The molecule has 1 heterocycles. The summed E-state index contributed by atoms with van der Waals surface area (Å²) in [6.45, 7) is 0. The van der Waals surface area contributed by atoms with Crippen molar-refractivity contribution in [3.63, 3.8) is 0 Å². The second-order valence-electron chi connectivity index (χ2n) is 5.79. The van der Waals surface area contributed by atoms with Crippen LogP contribution in [0.15, 0.2) is 77.5 Å². The molecule has 0 unspecified atom stereocenters. The predicted octanol–water partition coefficient (Wildman–Crippen LogP) is 4.40. The maximum Gasteiger partial charge on any atom is 0.340 e. The number of aromatic nitrogens is 1. The molecule has 1 aromatic heterocycles. The summed E-state index contributed by atoms with van der Waals surface area (Å²) in [5, 5.41) is 2.83. The number of ether oxygens (including phenoxy) is 1. The number of rotatable bonds is 5. The van der Waals surface area contributed by atoms with Crippen LogP contribution >= 0.6 is 15.9 Å². The molecule has 0 aliphatic carbocycles. The fourth-order valence-corrected chi connectivity index (χ4v) is 3.13. The van der Waals surface area contributed by atoms with E-state index in [2.05, 4.69) is 26.2 Å². The lowest BCUT2D eigenvalue weighted by molar-refractivity contribution is -0.116. The number of hydrogen-bond donors (Lipinski definition) is 1. The number of halogens is 1. The Kier molecular flexibility index (Phi) is 5.98. The maximum atomic E-state index is 13.2. The van der Waals surface area contributed by atoms with Crippen LogP contribution in [0.5, 0.6) is 0 Å². The summed E-state index contributed by atoms with van der Waals surface area (Å²) < 4.78 is 5.28. The Morgan fingerprint density at radius 3 is 2.07 bits per heavy atom. The van der Waals surface area contributed by atoms with Crippen LogP contribution in [0.3, 0.4) is 0 Å². The Hall–Kier alpha value is -2.99. The molecule has 2 aromatic carbocycles. The van der Waals surface area contributed by atoms with Crippen molar-refractivity contribution in [2.45, 2.75) is 5.92 Å². The van der Waals surface area contributed by atoms with Gasteiger partial charge in [-0.15, -0.1) is 0 Å². The molecule has 0 bridgehead atoms. The highest BCUT2D eigenvalue weighted by Crippen LogP contribution is 2.27. The Labute approximate surface area is 165 Å². The van der Waals surface area contributed by atoms with Gasteiger partial charge in [0.2, 0.25) is 5.91 Å². The van der Waals surface area contributed by atoms with E-state index in [1.165, 1.54) is 19.4 Å². The van der Waals surface area contributed by atoms with Gasteiger partial charge in [0, 0.05) is 0 Å². The van der Waals surface area contributed by atoms with Crippen molar-refractivity contribution in [3.05, 3.63) is 94.2 Å². The van der Waals surface area contributed by atoms with Gasteiger partial charge in [0.1, 0.15) is 4.60 Å². The SMILES string of the molecule is COC(=O)c1cc(Br)ncc1NC(=O)C(c1ccccc1)c1ccccc1. The van der Waals surface area contributed by atoms with Crippen molar-refractivity contribution in [1.29, 1.82) is 0 Å². The molecule has 27 heavy (non-hydrogen) atoms. The highest BCUT2D eigenvalue weighted by atomic mass is 79.9. The van der Waals surface area contributed by atoms with Gasteiger partial charge in [-0.1, -0.05) is 60.7 Å². The van der Waals surface area contributed by atoms with Crippen molar-refractivity contribution in [1.82, 2.24) is 4.98 Å². The first kappa shape index (κ1) is 18.8. The molecule has 3 aromatic rings. The summed E-state index contributed by atoms with van der Waals surface area (Å²) >= 11 is 3.23. The van der Waals surface area contributed by atoms with Crippen LogP contribution in [-0.2, 0) is 9.53 Å². The zero-order chi connectivity index (χ0) is 19.2. The highest BCUT2D eigenvalue weighted by molar-refractivity contribution is 9.10. The van der Waals surface area contributed by atoms with E-state index in [0.29, 0.717) is 10.3 Å². The molecule has 1 amide bonds. The average Bonchev–Trinajstić information content (AvgIpc) is 2.70. The van der Waals surface area contributed by atoms with E-state index in [-0.39, 0.29) is 11.5 Å². The van der Waals surface area contributed by atoms with E-state index in [1.807, 2.05) is 60.7 Å². The Balaban J connectivity index is 1.98.